The Bertz CT molecular complexity index is 372. The Morgan fingerprint density at radius 1 is 1.35 bits per heavy atom. The fourth-order valence-electron chi connectivity index (χ4n) is 2.03. The lowest BCUT2D eigenvalue weighted by Crippen LogP contribution is -2.17. The summed E-state index contributed by atoms with van der Waals surface area (Å²) in [5, 5.41) is 0. The van der Waals surface area contributed by atoms with Crippen LogP contribution in [0.3, 0.4) is 0 Å². The van der Waals surface area contributed by atoms with E-state index in [9.17, 15) is 4.79 Å². The van der Waals surface area contributed by atoms with Gasteiger partial charge < -0.3 is 9.47 Å². The molecule has 1 aromatic rings. The van der Waals surface area contributed by atoms with Crippen LogP contribution in [0.15, 0.2) is 30.3 Å². The van der Waals surface area contributed by atoms with Crippen molar-refractivity contribution in [1.82, 2.24) is 0 Å². The second-order valence-corrected chi connectivity index (χ2v) is 4.77. The largest absolute Gasteiger partial charge is 0.490 e. The minimum atomic E-state index is -0.102. The van der Waals surface area contributed by atoms with Gasteiger partial charge in [0.25, 0.3) is 0 Å². The normalized spacial score (nSPS) is 23.8. The maximum absolute atomic E-state index is 11.6. The number of esters is 1. The van der Waals surface area contributed by atoms with Crippen LogP contribution in [0, 0.1) is 11.8 Å². The van der Waals surface area contributed by atoms with Crippen molar-refractivity contribution in [2.45, 2.75) is 26.4 Å². The van der Waals surface area contributed by atoms with E-state index in [1.807, 2.05) is 44.2 Å². The van der Waals surface area contributed by atoms with Crippen molar-refractivity contribution in [3.05, 3.63) is 30.3 Å². The van der Waals surface area contributed by atoms with Gasteiger partial charge in [0.2, 0.25) is 0 Å². The number of benzene rings is 1. The summed E-state index contributed by atoms with van der Waals surface area (Å²) in [5.41, 5.74) is 0. The van der Waals surface area contributed by atoms with Gasteiger partial charge in [-0.2, -0.15) is 0 Å². The maximum atomic E-state index is 11.6. The van der Waals surface area contributed by atoms with Crippen molar-refractivity contribution < 1.29 is 14.3 Å². The fraction of sp³-hybridized carbons (Fsp3) is 0.500. The summed E-state index contributed by atoms with van der Waals surface area (Å²) >= 11 is 0. The highest BCUT2D eigenvalue weighted by Crippen LogP contribution is 2.27. The molecule has 1 aromatic carbocycles. The molecule has 1 heterocycles. The molecule has 2 atom stereocenters. The molecule has 0 radical (unpaired) electrons. The van der Waals surface area contributed by atoms with E-state index < -0.39 is 0 Å². The van der Waals surface area contributed by atoms with Crippen LogP contribution in [0.4, 0.5) is 0 Å². The summed E-state index contributed by atoms with van der Waals surface area (Å²) in [5.74, 6) is 1.10. The Labute approximate surface area is 102 Å². The molecule has 1 aliphatic heterocycles. The number of cyclic esters (lactones) is 1. The summed E-state index contributed by atoms with van der Waals surface area (Å²) in [4.78, 5) is 11.6. The lowest BCUT2D eigenvalue weighted by Gasteiger charge is -2.11. The molecule has 2 unspecified atom stereocenters. The number of hydrogen-bond donors (Lipinski definition) is 0. The molecule has 2 rings (SSSR count). The van der Waals surface area contributed by atoms with E-state index >= 15 is 0 Å². The predicted molar refractivity (Wildman–Crippen MR) is 64.8 cm³/mol. The van der Waals surface area contributed by atoms with Crippen LogP contribution in [0.25, 0.3) is 0 Å². The zero-order valence-electron chi connectivity index (χ0n) is 10.3. The number of carbonyl (C=O) groups excluding carboxylic acids is 1. The van der Waals surface area contributed by atoms with Gasteiger partial charge in [-0.1, -0.05) is 32.0 Å². The van der Waals surface area contributed by atoms with Crippen molar-refractivity contribution in [2.24, 2.45) is 11.8 Å². The number of hydrogen-bond acceptors (Lipinski definition) is 3. The molecule has 1 fully saturated rings. The van der Waals surface area contributed by atoms with Gasteiger partial charge in [-0.15, -0.1) is 0 Å². The Hall–Kier alpha value is -1.51. The minimum Gasteiger partial charge on any atom is -0.490 e. The zero-order chi connectivity index (χ0) is 12.3. The Morgan fingerprint density at radius 3 is 2.65 bits per heavy atom. The summed E-state index contributed by atoms with van der Waals surface area (Å²) in [6.07, 6.45) is 0.665. The molecule has 0 bridgehead atoms. The van der Waals surface area contributed by atoms with Gasteiger partial charge >= 0.3 is 5.97 Å². The van der Waals surface area contributed by atoms with E-state index in [1.165, 1.54) is 0 Å². The number of carbonyl (C=O) groups is 1. The first-order chi connectivity index (χ1) is 8.16. The standard InChI is InChI=1S/C14H18O3/c1-10(2)13-8-12(17-14(13)15)9-16-11-6-4-3-5-7-11/h3-7,10,12-13H,8-9H2,1-2H3. The molecule has 1 saturated heterocycles. The highest BCUT2D eigenvalue weighted by molar-refractivity contribution is 5.74. The average Bonchev–Trinajstić information content (AvgIpc) is 2.69. The SMILES string of the molecule is CC(C)C1CC(COc2ccccc2)OC1=O. The quantitative estimate of drug-likeness (QED) is 0.751. The van der Waals surface area contributed by atoms with Gasteiger partial charge in [0.15, 0.2) is 0 Å². The van der Waals surface area contributed by atoms with Gasteiger partial charge in [0.05, 0.1) is 5.92 Å². The van der Waals surface area contributed by atoms with Crippen LogP contribution in [-0.2, 0) is 9.53 Å². The van der Waals surface area contributed by atoms with Crippen molar-refractivity contribution in [2.75, 3.05) is 6.61 Å². The maximum Gasteiger partial charge on any atom is 0.309 e. The third-order valence-electron chi connectivity index (χ3n) is 3.09. The molecule has 3 nitrogen and oxygen atoms in total. The molecular weight excluding hydrogens is 216 g/mol. The number of para-hydroxylation sites is 1. The Balaban J connectivity index is 1.84. The van der Waals surface area contributed by atoms with E-state index in [0.717, 1.165) is 12.2 Å². The molecule has 3 heteroatoms. The molecule has 0 saturated carbocycles. The smallest absolute Gasteiger partial charge is 0.309 e. The Kier molecular flexibility index (Phi) is 3.67. The first-order valence-electron chi connectivity index (χ1n) is 6.05. The molecule has 0 N–H and O–H groups in total. The summed E-state index contributed by atoms with van der Waals surface area (Å²) in [7, 11) is 0. The second-order valence-electron chi connectivity index (χ2n) is 4.77. The van der Waals surface area contributed by atoms with Gasteiger partial charge in [-0.25, -0.2) is 0 Å². The topological polar surface area (TPSA) is 35.5 Å². The van der Waals surface area contributed by atoms with Gasteiger partial charge in [0, 0.05) is 6.42 Å². The molecule has 0 aromatic heterocycles. The lowest BCUT2D eigenvalue weighted by molar-refractivity contribution is -0.146. The summed E-state index contributed by atoms with van der Waals surface area (Å²) in [6, 6.07) is 9.59. The molecule has 0 spiro atoms. The Morgan fingerprint density at radius 2 is 2.06 bits per heavy atom. The first kappa shape index (κ1) is 12.0. The van der Waals surface area contributed by atoms with Crippen LogP contribution in [0.2, 0.25) is 0 Å². The molecular formula is C14H18O3. The third-order valence-corrected chi connectivity index (χ3v) is 3.09. The minimum absolute atomic E-state index is 0.0272. The molecule has 0 amide bonds. The van der Waals surface area contributed by atoms with E-state index in [2.05, 4.69) is 0 Å². The molecule has 92 valence electrons. The highest BCUT2D eigenvalue weighted by atomic mass is 16.6. The third kappa shape index (κ3) is 2.99. The molecule has 17 heavy (non-hydrogen) atoms. The van der Waals surface area contributed by atoms with Crippen molar-refractivity contribution >= 4 is 5.97 Å². The second kappa shape index (κ2) is 5.21. The lowest BCUT2D eigenvalue weighted by atomic mass is 9.93. The van der Waals surface area contributed by atoms with Crippen molar-refractivity contribution in [3.63, 3.8) is 0 Å². The molecule has 1 aliphatic rings. The highest BCUT2D eigenvalue weighted by Gasteiger charge is 2.36. The fourth-order valence-corrected chi connectivity index (χ4v) is 2.03. The van der Waals surface area contributed by atoms with E-state index in [0.29, 0.717) is 12.5 Å². The van der Waals surface area contributed by atoms with Crippen LogP contribution >= 0.6 is 0 Å². The molecule has 0 aliphatic carbocycles. The van der Waals surface area contributed by atoms with Crippen molar-refractivity contribution in [1.29, 1.82) is 0 Å². The van der Waals surface area contributed by atoms with Crippen molar-refractivity contribution in [3.8, 4) is 5.75 Å². The average molecular weight is 234 g/mol. The van der Waals surface area contributed by atoms with Crippen LogP contribution in [0.1, 0.15) is 20.3 Å². The monoisotopic (exact) mass is 234 g/mol. The van der Waals surface area contributed by atoms with Gasteiger partial charge in [-0.05, 0) is 18.1 Å². The van der Waals surface area contributed by atoms with Crippen LogP contribution < -0.4 is 4.74 Å². The van der Waals surface area contributed by atoms with Gasteiger partial charge in [0.1, 0.15) is 18.5 Å². The van der Waals surface area contributed by atoms with E-state index in [-0.39, 0.29) is 18.0 Å². The van der Waals surface area contributed by atoms with E-state index in [1.54, 1.807) is 0 Å². The van der Waals surface area contributed by atoms with Crippen LogP contribution in [0.5, 0.6) is 5.75 Å². The van der Waals surface area contributed by atoms with Crippen LogP contribution in [-0.4, -0.2) is 18.7 Å². The number of rotatable bonds is 4. The summed E-state index contributed by atoms with van der Waals surface area (Å²) in [6.45, 7) is 4.54. The predicted octanol–water partition coefficient (Wildman–Crippen LogP) is 2.65. The van der Waals surface area contributed by atoms with E-state index in [4.69, 9.17) is 9.47 Å². The number of ether oxygens (including phenoxy) is 2. The summed E-state index contributed by atoms with van der Waals surface area (Å²) < 4.78 is 10.9. The zero-order valence-corrected chi connectivity index (χ0v) is 10.3. The first-order valence-corrected chi connectivity index (χ1v) is 6.05. The van der Waals surface area contributed by atoms with Gasteiger partial charge in [-0.3, -0.25) is 4.79 Å².